The summed E-state index contributed by atoms with van der Waals surface area (Å²) in [6.45, 7) is 5.31. The first kappa shape index (κ1) is 15.9. The molecule has 0 saturated carbocycles. The van der Waals surface area contributed by atoms with Crippen LogP contribution in [0.25, 0.3) is 0 Å². The van der Waals surface area contributed by atoms with Crippen LogP contribution in [-0.2, 0) is 14.3 Å². The van der Waals surface area contributed by atoms with Gasteiger partial charge in [0.15, 0.2) is 0 Å². The predicted molar refractivity (Wildman–Crippen MR) is 79.2 cm³/mol. The molecule has 2 rings (SSSR count). The first-order valence-electron chi connectivity index (χ1n) is 7.04. The first-order chi connectivity index (χ1) is 10.2. The van der Waals surface area contributed by atoms with E-state index in [2.05, 4.69) is 15.6 Å². The lowest BCUT2D eigenvalue weighted by atomic mass is 9.92. The molecule has 7 heteroatoms. The van der Waals surface area contributed by atoms with Crippen molar-refractivity contribution in [3.05, 3.63) is 23.9 Å². The summed E-state index contributed by atoms with van der Waals surface area (Å²) in [6, 6.07) is 3.31. The second kappa shape index (κ2) is 6.13. The molecule has 1 fully saturated rings. The molecule has 1 aromatic heterocycles. The zero-order valence-electron chi connectivity index (χ0n) is 12.8. The summed E-state index contributed by atoms with van der Waals surface area (Å²) in [4.78, 5) is 38.6. The van der Waals surface area contributed by atoms with Crippen LogP contribution in [0.4, 0.5) is 10.6 Å². The van der Waals surface area contributed by atoms with Gasteiger partial charge in [-0.3, -0.25) is 20.2 Å². The van der Waals surface area contributed by atoms with Crippen molar-refractivity contribution in [2.45, 2.75) is 45.1 Å². The quantitative estimate of drug-likeness (QED) is 0.814. The third-order valence-corrected chi connectivity index (χ3v) is 3.06. The summed E-state index contributed by atoms with van der Waals surface area (Å²) in [6.07, 6.45) is 1.71. The molecule has 1 aliphatic heterocycles. The molecule has 2 N–H and O–H groups in total. The van der Waals surface area contributed by atoms with E-state index >= 15 is 0 Å². The molecule has 0 bridgehead atoms. The van der Waals surface area contributed by atoms with Crippen LogP contribution in [0.15, 0.2) is 18.3 Å². The Morgan fingerprint density at radius 1 is 1.36 bits per heavy atom. The first-order valence-corrected chi connectivity index (χ1v) is 7.04. The number of anilines is 1. The van der Waals surface area contributed by atoms with Crippen LogP contribution < -0.4 is 10.6 Å². The van der Waals surface area contributed by atoms with E-state index in [9.17, 15) is 14.4 Å². The summed E-state index contributed by atoms with van der Waals surface area (Å²) < 4.78 is 5.13. The van der Waals surface area contributed by atoms with Gasteiger partial charge in [-0.1, -0.05) is 6.07 Å². The fourth-order valence-corrected chi connectivity index (χ4v) is 2.11. The number of nitrogens with one attached hydrogen (secondary N) is 2. The maximum Gasteiger partial charge on any atom is 0.413 e. The van der Waals surface area contributed by atoms with Crippen molar-refractivity contribution < 1.29 is 19.1 Å². The van der Waals surface area contributed by atoms with Gasteiger partial charge in [0.05, 0.1) is 5.92 Å². The largest absolute Gasteiger partial charge is 0.444 e. The number of piperidine rings is 1. The van der Waals surface area contributed by atoms with E-state index in [1.807, 2.05) is 0 Å². The number of hydrogen-bond donors (Lipinski definition) is 2. The number of rotatable bonds is 2. The van der Waals surface area contributed by atoms with E-state index < -0.39 is 11.7 Å². The highest BCUT2D eigenvalue weighted by Gasteiger charge is 2.28. The van der Waals surface area contributed by atoms with Crippen molar-refractivity contribution in [1.82, 2.24) is 10.3 Å². The lowest BCUT2D eigenvalue weighted by molar-refractivity contribution is -0.134. The Bertz CT molecular complexity index is 590. The van der Waals surface area contributed by atoms with E-state index in [0.717, 1.165) is 0 Å². The number of nitrogens with zero attached hydrogens (tertiary/aromatic N) is 1. The van der Waals surface area contributed by atoms with Crippen LogP contribution in [0.3, 0.4) is 0 Å². The SMILES string of the molecule is CC(C)(C)OC(=O)Nc1ccc(C2CCC(=O)NC2=O)cn1. The summed E-state index contributed by atoms with van der Waals surface area (Å²) >= 11 is 0. The van der Waals surface area contributed by atoms with Gasteiger partial charge in [0.2, 0.25) is 11.8 Å². The summed E-state index contributed by atoms with van der Waals surface area (Å²) in [5.41, 5.74) is 0.122. The fraction of sp³-hybridized carbons (Fsp3) is 0.467. The molecular weight excluding hydrogens is 286 g/mol. The van der Waals surface area contributed by atoms with Crippen molar-refractivity contribution >= 4 is 23.7 Å². The summed E-state index contributed by atoms with van der Waals surface area (Å²) in [5.74, 6) is -0.616. The second-order valence-corrected chi connectivity index (χ2v) is 6.11. The van der Waals surface area contributed by atoms with Crippen LogP contribution in [0.1, 0.15) is 45.1 Å². The van der Waals surface area contributed by atoms with E-state index in [0.29, 0.717) is 24.2 Å². The molecule has 1 atom stereocenters. The third-order valence-electron chi connectivity index (χ3n) is 3.06. The lowest BCUT2D eigenvalue weighted by Crippen LogP contribution is -2.39. The Kier molecular flexibility index (Phi) is 4.44. The highest BCUT2D eigenvalue weighted by atomic mass is 16.6. The van der Waals surface area contributed by atoms with Gasteiger partial charge in [0.25, 0.3) is 0 Å². The van der Waals surface area contributed by atoms with Gasteiger partial charge in [-0.2, -0.15) is 0 Å². The summed E-state index contributed by atoms with van der Waals surface area (Å²) in [7, 11) is 0. The third kappa shape index (κ3) is 4.28. The molecule has 22 heavy (non-hydrogen) atoms. The van der Waals surface area contributed by atoms with E-state index in [1.165, 1.54) is 6.20 Å². The van der Waals surface area contributed by atoms with Gasteiger partial charge in [-0.25, -0.2) is 9.78 Å². The minimum Gasteiger partial charge on any atom is -0.444 e. The molecule has 1 saturated heterocycles. The van der Waals surface area contributed by atoms with Crippen molar-refractivity contribution in [3.63, 3.8) is 0 Å². The number of amides is 3. The second-order valence-electron chi connectivity index (χ2n) is 6.11. The highest BCUT2D eigenvalue weighted by molar-refractivity contribution is 6.00. The molecule has 2 heterocycles. The van der Waals surface area contributed by atoms with Gasteiger partial charge in [0, 0.05) is 12.6 Å². The van der Waals surface area contributed by atoms with E-state index in [4.69, 9.17) is 4.74 Å². The number of hydrogen-bond acceptors (Lipinski definition) is 5. The smallest absolute Gasteiger partial charge is 0.413 e. The molecule has 0 spiro atoms. The van der Waals surface area contributed by atoms with Gasteiger partial charge in [-0.15, -0.1) is 0 Å². The Hall–Kier alpha value is -2.44. The molecule has 1 aliphatic rings. The number of pyridine rings is 1. The van der Waals surface area contributed by atoms with Gasteiger partial charge < -0.3 is 4.74 Å². The standard InChI is InChI=1S/C15H19N3O4/c1-15(2,3)22-14(21)17-11-6-4-9(8-16-11)10-5-7-12(19)18-13(10)20/h4,6,8,10H,5,7H2,1-3H3,(H,16,17,21)(H,18,19,20). The lowest BCUT2D eigenvalue weighted by Gasteiger charge is -2.21. The predicted octanol–water partition coefficient (Wildman–Crippen LogP) is 1.95. The molecule has 0 aromatic carbocycles. The Balaban J connectivity index is 2.00. The zero-order valence-corrected chi connectivity index (χ0v) is 12.8. The molecule has 3 amide bonds. The van der Waals surface area contributed by atoms with Gasteiger partial charge >= 0.3 is 6.09 Å². The van der Waals surface area contributed by atoms with Crippen LogP contribution in [0, 0.1) is 0 Å². The minimum absolute atomic E-state index is 0.252. The van der Waals surface area contributed by atoms with E-state index in [1.54, 1.807) is 32.9 Å². The number of carbonyl (C=O) groups is 3. The van der Waals surface area contributed by atoms with Crippen molar-refractivity contribution in [3.8, 4) is 0 Å². The average molecular weight is 305 g/mol. The average Bonchev–Trinajstić information content (AvgIpc) is 2.38. The number of imide groups is 1. The minimum atomic E-state index is -0.589. The Labute approximate surface area is 128 Å². The topological polar surface area (TPSA) is 97.4 Å². The molecule has 1 unspecified atom stereocenters. The molecule has 0 aliphatic carbocycles. The number of ether oxygens (including phenoxy) is 1. The van der Waals surface area contributed by atoms with Crippen molar-refractivity contribution in [1.29, 1.82) is 0 Å². The number of carbonyl (C=O) groups excluding carboxylic acids is 3. The maximum atomic E-state index is 11.8. The molecule has 7 nitrogen and oxygen atoms in total. The van der Waals surface area contributed by atoms with Crippen LogP contribution in [-0.4, -0.2) is 28.5 Å². The van der Waals surface area contributed by atoms with Crippen LogP contribution in [0.2, 0.25) is 0 Å². The molecule has 118 valence electrons. The Morgan fingerprint density at radius 2 is 2.09 bits per heavy atom. The number of aromatic nitrogens is 1. The zero-order chi connectivity index (χ0) is 16.3. The van der Waals surface area contributed by atoms with E-state index in [-0.39, 0.29) is 17.7 Å². The van der Waals surface area contributed by atoms with Gasteiger partial charge in [-0.05, 0) is 38.8 Å². The fourth-order valence-electron chi connectivity index (χ4n) is 2.11. The monoisotopic (exact) mass is 305 g/mol. The van der Waals surface area contributed by atoms with Crippen molar-refractivity contribution in [2.75, 3.05) is 5.32 Å². The molecule has 1 aromatic rings. The molecular formula is C15H19N3O4. The van der Waals surface area contributed by atoms with Gasteiger partial charge in [0.1, 0.15) is 11.4 Å². The normalized spacial score (nSPS) is 18.6. The Morgan fingerprint density at radius 3 is 2.64 bits per heavy atom. The maximum absolute atomic E-state index is 11.8. The molecule has 0 radical (unpaired) electrons. The summed E-state index contributed by atoms with van der Waals surface area (Å²) in [5, 5.41) is 4.82. The van der Waals surface area contributed by atoms with Crippen LogP contribution in [0.5, 0.6) is 0 Å². The van der Waals surface area contributed by atoms with Crippen molar-refractivity contribution in [2.24, 2.45) is 0 Å². The highest BCUT2D eigenvalue weighted by Crippen LogP contribution is 2.24. The van der Waals surface area contributed by atoms with Crippen LogP contribution >= 0.6 is 0 Å².